The Morgan fingerprint density at radius 3 is 2.95 bits per heavy atom. The maximum absolute atomic E-state index is 5.65. The van der Waals surface area contributed by atoms with Gasteiger partial charge in [-0.1, -0.05) is 6.07 Å². The van der Waals surface area contributed by atoms with Gasteiger partial charge in [-0.05, 0) is 43.3 Å². The number of ether oxygens (including phenoxy) is 1. The number of benzene rings is 1. The summed E-state index contributed by atoms with van der Waals surface area (Å²) in [5, 5.41) is 4.19. The lowest BCUT2D eigenvalue weighted by atomic mass is 10.2. The Kier molecular flexibility index (Phi) is 3.79. The number of aromatic amines is 1. The lowest BCUT2D eigenvalue weighted by Crippen LogP contribution is -2.01. The standard InChI is InChI=1S/C15H18N4OS/c1-3-20-13-6-4-5-12-14(13)17-15(21)19(12)8-7-11-9-16-18(2)10-11/h4-6,9-10H,3,7-8H2,1-2H3,(H,17,21). The number of nitrogens with zero attached hydrogens (tertiary/aromatic N) is 3. The normalized spacial score (nSPS) is 11.1. The number of rotatable bonds is 5. The first-order valence-electron chi connectivity index (χ1n) is 7.01. The van der Waals surface area contributed by atoms with Crippen LogP contribution in [-0.2, 0) is 20.0 Å². The Balaban J connectivity index is 1.93. The van der Waals surface area contributed by atoms with Gasteiger partial charge in [0.05, 0.1) is 18.3 Å². The van der Waals surface area contributed by atoms with Crippen LogP contribution in [0, 0.1) is 4.77 Å². The number of para-hydroxylation sites is 1. The fraction of sp³-hybridized carbons (Fsp3) is 0.333. The zero-order valence-electron chi connectivity index (χ0n) is 12.2. The summed E-state index contributed by atoms with van der Waals surface area (Å²) in [4.78, 5) is 3.25. The fourth-order valence-corrected chi connectivity index (χ4v) is 2.79. The van der Waals surface area contributed by atoms with Crippen molar-refractivity contribution in [1.29, 1.82) is 0 Å². The number of aryl methyl sites for hydroxylation is 3. The summed E-state index contributed by atoms with van der Waals surface area (Å²) in [6.45, 7) is 3.44. The molecule has 6 heteroatoms. The van der Waals surface area contributed by atoms with E-state index in [9.17, 15) is 0 Å². The van der Waals surface area contributed by atoms with E-state index in [1.54, 1.807) is 0 Å². The number of aromatic nitrogens is 4. The summed E-state index contributed by atoms with van der Waals surface area (Å²) >= 11 is 5.45. The second-order valence-corrected chi connectivity index (χ2v) is 5.32. The van der Waals surface area contributed by atoms with Gasteiger partial charge in [-0.15, -0.1) is 0 Å². The van der Waals surface area contributed by atoms with E-state index in [0.717, 1.165) is 34.5 Å². The molecule has 0 fully saturated rings. The van der Waals surface area contributed by atoms with Gasteiger partial charge in [0.25, 0.3) is 0 Å². The molecule has 3 aromatic rings. The highest BCUT2D eigenvalue weighted by Gasteiger charge is 2.09. The topological polar surface area (TPSA) is 47.8 Å². The van der Waals surface area contributed by atoms with Crippen molar-refractivity contribution in [3.63, 3.8) is 0 Å². The first kappa shape index (κ1) is 13.9. The molecule has 0 radical (unpaired) electrons. The molecule has 21 heavy (non-hydrogen) atoms. The second-order valence-electron chi connectivity index (χ2n) is 4.94. The van der Waals surface area contributed by atoms with Gasteiger partial charge in [0.15, 0.2) is 4.77 Å². The number of hydrogen-bond donors (Lipinski definition) is 1. The van der Waals surface area contributed by atoms with E-state index in [2.05, 4.69) is 20.7 Å². The average Bonchev–Trinajstić information content (AvgIpc) is 3.01. The van der Waals surface area contributed by atoms with Crippen molar-refractivity contribution in [2.75, 3.05) is 6.61 Å². The van der Waals surface area contributed by atoms with Gasteiger partial charge >= 0.3 is 0 Å². The molecule has 5 nitrogen and oxygen atoms in total. The minimum absolute atomic E-state index is 0.639. The second kappa shape index (κ2) is 5.73. The molecule has 110 valence electrons. The zero-order valence-corrected chi connectivity index (χ0v) is 13.0. The molecule has 0 amide bonds. The van der Waals surface area contributed by atoms with E-state index in [-0.39, 0.29) is 0 Å². The quantitative estimate of drug-likeness (QED) is 0.737. The van der Waals surface area contributed by atoms with E-state index in [4.69, 9.17) is 17.0 Å². The lowest BCUT2D eigenvalue weighted by molar-refractivity contribution is 0.343. The van der Waals surface area contributed by atoms with Crippen LogP contribution in [0.2, 0.25) is 0 Å². The number of fused-ring (bicyclic) bond motifs is 1. The van der Waals surface area contributed by atoms with Crippen LogP contribution in [0.5, 0.6) is 5.75 Å². The van der Waals surface area contributed by atoms with E-state index in [1.807, 2.05) is 43.2 Å². The molecule has 0 spiro atoms. The summed E-state index contributed by atoms with van der Waals surface area (Å²) in [5.41, 5.74) is 3.25. The molecule has 3 rings (SSSR count). The van der Waals surface area contributed by atoms with Gasteiger partial charge in [0, 0.05) is 19.8 Å². The van der Waals surface area contributed by atoms with Crippen LogP contribution in [0.15, 0.2) is 30.6 Å². The number of nitrogens with one attached hydrogen (secondary N) is 1. The van der Waals surface area contributed by atoms with Gasteiger partial charge in [-0.3, -0.25) is 4.68 Å². The average molecular weight is 302 g/mol. The van der Waals surface area contributed by atoms with E-state index >= 15 is 0 Å². The summed E-state index contributed by atoms with van der Waals surface area (Å²) in [7, 11) is 1.93. The van der Waals surface area contributed by atoms with E-state index in [1.165, 1.54) is 5.56 Å². The zero-order chi connectivity index (χ0) is 14.8. The molecule has 1 aromatic carbocycles. The van der Waals surface area contributed by atoms with Gasteiger partial charge in [0.1, 0.15) is 11.3 Å². The molecule has 1 N–H and O–H groups in total. The van der Waals surface area contributed by atoms with Gasteiger partial charge in [-0.25, -0.2) is 0 Å². The Morgan fingerprint density at radius 1 is 1.38 bits per heavy atom. The molecule has 0 aliphatic carbocycles. The number of hydrogen-bond acceptors (Lipinski definition) is 3. The maximum Gasteiger partial charge on any atom is 0.178 e. The molecular weight excluding hydrogens is 284 g/mol. The highest BCUT2D eigenvalue weighted by Crippen LogP contribution is 2.25. The fourth-order valence-electron chi connectivity index (χ4n) is 2.49. The third kappa shape index (κ3) is 2.71. The minimum atomic E-state index is 0.639. The van der Waals surface area contributed by atoms with Crippen LogP contribution in [0.1, 0.15) is 12.5 Å². The van der Waals surface area contributed by atoms with Crippen LogP contribution in [0.4, 0.5) is 0 Å². The molecule has 0 atom stereocenters. The van der Waals surface area contributed by atoms with Crippen LogP contribution in [-0.4, -0.2) is 25.9 Å². The monoisotopic (exact) mass is 302 g/mol. The van der Waals surface area contributed by atoms with Crippen molar-refractivity contribution in [1.82, 2.24) is 19.3 Å². The third-order valence-corrected chi connectivity index (χ3v) is 3.78. The first-order chi connectivity index (χ1) is 10.2. The molecule has 0 bridgehead atoms. The number of H-pyrrole nitrogens is 1. The van der Waals surface area contributed by atoms with E-state index < -0.39 is 0 Å². The molecule has 0 aliphatic heterocycles. The maximum atomic E-state index is 5.65. The Morgan fingerprint density at radius 2 is 2.24 bits per heavy atom. The Bertz CT molecular complexity index is 815. The van der Waals surface area contributed by atoms with Gasteiger partial charge < -0.3 is 14.3 Å². The number of imidazole rings is 1. The highest BCUT2D eigenvalue weighted by atomic mass is 32.1. The Hall–Kier alpha value is -2.08. The summed E-state index contributed by atoms with van der Waals surface area (Å²) in [6.07, 6.45) is 4.82. The Labute approximate surface area is 128 Å². The predicted octanol–water partition coefficient (Wildman–Crippen LogP) is 3.07. The molecule has 0 aliphatic rings. The third-order valence-electron chi connectivity index (χ3n) is 3.45. The van der Waals surface area contributed by atoms with Crippen LogP contribution < -0.4 is 4.74 Å². The lowest BCUT2D eigenvalue weighted by Gasteiger charge is -2.06. The van der Waals surface area contributed by atoms with Crippen LogP contribution >= 0.6 is 12.2 Å². The molecule has 0 unspecified atom stereocenters. The van der Waals surface area contributed by atoms with E-state index in [0.29, 0.717) is 6.61 Å². The van der Waals surface area contributed by atoms with Crippen molar-refractivity contribution < 1.29 is 4.74 Å². The van der Waals surface area contributed by atoms with Crippen LogP contribution in [0.25, 0.3) is 11.0 Å². The molecule has 0 saturated carbocycles. The van der Waals surface area contributed by atoms with Crippen molar-refractivity contribution in [2.24, 2.45) is 7.05 Å². The van der Waals surface area contributed by atoms with Crippen molar-refractivity contribution in [3.05, 3.63) is 40.9 Å². The summed E-state index contributed by atoms with van der Waals surface area (Å²) < 4.78 is 10.3. The summed E-state index contributed by atoms with van der Waals surface area (Å²) in [5.74, 6) is 0.848. The smallest absolute Gasteiger partial charge is 0.178 e. The minimum Gasteiger partial charge on any atom is -0.492 e. The molecular formula is C15H18N4OS. The van der Waals surface area contributed by atoms with Crippen molar-refractivity contribution in [3.8, 4) is 5.75 Å². The summed E-state index contributed by atoms with van der Waals surface area (Å²) in [6, 6.07) is 6.02. The van der Waals surface area contributed by atoms with Gasteiger partial charge in [0.2, 0.25) is 0 Å². The predicted molar refractivity (Wildman–Crippen MR) is 85.2 cm³/mol. The SMILES string of the molecule is CCOc1cccc2c1[nH]c(=S)n2CCc1cnn(C)c1. The van der Waals surface area contributed by atoms with Gasteiger partial charge in [-0.2, -0.15) is 5.10 Å². The van der Waals surface area contributed by atoms with Crippen molar-refractivity contribution in [2.45, 2.75) is 19.9 Å². The first-order valence-corrected chi connectivity index (χ1v) is 7.41. The molecule has 0 saturated heterocycles. The highest BCUT2D eigenvalue weighted by molar-refractivity contribution is 7.71. The molecule has 2 heterocycles. The molecule has 2 aromatic heterocycles. The van der Waals surface area contributed by atoms with Crippen molar-refractivity contribution >= 4 is 23.3 Å². The largest absolute Gasteiger partial charge is 0.492 e. The van der Waals surface area contributed by atoms with Crippen LogP contribution in [0.3, 0.4) is 0 Å².